The molecule has 0 bridgehead atoms. The summed E-state index contributed by atoms with van der Waals surface area (Å²) >= 11 is 0. The summed E-state index contributed by atoms with van der Waals surface area (Å²) in [7, 11) is 3.56. The molecule has 1 unspecified atom stereocenters. The molecule has 112 valence electrons. The number of halogens is 1. The minimum absolute atomic E-state index is 0.0373. The third-order valence-corrected chi connectivity index (χ3v) is 3.91. The Kier molecular flexibility index (Phi) is 4.63. The normalized spacial score (nSPS) is 12.3. The molecule has 0 heterocycles. The summed E-state index contributed by atoms with van der Waals surface area (Å²) in [6.07, 6.45) is 0. The Labute approximate surface area is 126 Å². The molecule has 2 aromatic rings. The van der Waals surface area contributed by atoms with Gasteiger partial charge in [0.2, 0.25) is 0 Å². The molecule has 0 amide bonds. The fraction of sp³-hybridized carbons (Fsp3) is 0.333. The Morgan fingerprint density at radius 1 is 1.00 bits per heavy atom. The molecule has 0 fully saturated rings. The molecule has 1 N–H and O–H groups in total. The molecule has 2 nitrogen and oxygen atoms in total. The molecule has 21 heavy (non-hydrogen) atoms. The lowest BCUT2D eigenvalue weighted by Crippen LogP contribution is -2.19. The maximum absolute atomic E-state index is 13.8. The number of benzene rings is 2. The monoisotopic (exact) mass is 287 g/mol. The average molecular weight is 287 g/mol. The molecule has 0 aliphatic rings. The number of rotatable bonds is 4. The van der Waals surface area contributed by atoms with E-state index in [4.69, 9.17) is 4.74 Å². The molecule has 0 radical (unpaired) electrons. The lowest BCUT2D eigenvalue weighted by atomic mass is 9.92. The number of ether oxygens (including phenoxy) is 1. The Bertz CT molecular complexity index is 652. The van der Waals surface area contributed by atoms with Gasteiger partial charge in [-0.3, -0.25) is 0 Å². The highest BCUT2D eigenvalue weighted by Crippen LogP contribution is 2.30. The van der Waals surface area contributed by atoms with Crippen molar-refractivity contribution in [1.82, 2.24) is 5.32 Å². The van der Waals surface area contributed by atoms with Crippen molar-refractivity contribution in [2.24, 2.45) is 0 Å². The predicted molar refractivity (Wildman–Crippen MR) is 84.5 cm³/mol. The van der Waals surface area contributed by atoms with E-state index in [2.05, 4.69) is 11.4 Å². The maximum atomic E-state index is 13.8. The summed E-state index contributed by atoms with van der Waals surface area (Å²) in [6.45, 7) is 5.84. The smallest absolute Gasteiger partial charge is 0.126 e. The molecule has 0 spiro atoms. The van der Waals surface area contributed by atoms with Crippen molar-refractivity contribution in [1.29, 1.82) is 0 Å². The van der Waals surface area contributed by atoms with E-state index in [1.165, 1.54) is 0 Å². The highest BCUT2D eigenvalue weighted by atomic mass is 19.1. The zero-order valence-corrected chi connectivity index (χ0v) is 13.3. The summed E-state index contributed by atoms with van der Waals surface area (Å²) < 4.78 is 19.2. The van der Waals surface area contributed by atoms with Gasteiger partial charge in [0.15, 0.2) is 0 Å². The first-order chi connectivity index (χ1) is 9.97. The number of aryl methyl sites for hydroxylation is 3. The van der Waals surface area contributed by atoms with E-state index in [9.17, 15) is 4.39 Å². The summed E-state index contributed by atoms with van der Waals surface area (Å²) in [6, 6.07) is 9.49. The van der Waals surface area contributed by atoms with Crippen molar-refractivity contribution < 1.29 is 9.13 Å². The molecule has 3 heteroatoms. The average Bonchev–Trinajstić information content (AvgIpc) is 2.46. The first-order valence-corrected chi connectivity index (χ1v) is 7.06. The highest BCUT2D eigenvalue weighted by molar-refractivity contribution is 5.46. The standard InChI is InChI=1S/C18H22FNO/c1-11-6-7-14(10-16(11)19)18(20-4)15-8-13(3)17(21-5)9-12(15)2/h6-10,18,20H,1-5H3. The minimum Gasteiger partial charge on any atom is -0.496 e. The van der Waals surface area contributed by atoms with Crippen molar-refractivity contribution >= 4 is 0 Å². The fourth-order valence-corrected chi connectivity index (χ4v) is 2.63. The SMILES string of the molecule is CNC(c1ccc(C)c(F)c1)c1cc(C)c(OC)cc1C. The molecule has 2 aromatic carbocycles. The fourth-order valence-electron chi connectivity index (χ4n) is 2.63. The van der Waals surface area contributed by atoms with Crippen molar-refractivity contribution in [2.75, 3.05) is 14.2 Å². The van der Waals surface area contributed by atoms with E-state index >= 15 is 0 Å². The molecular weight excluding hydrogens is 265 g/mol. The van der Waals surface area contributed by atoms with Crippen LogP contribution in [0.25, 0.3) is 0 Å². The van der Waals surface area contributed by atoms with Gasteiger partial charge in [-0.2, -0.15) is 0 Å². The number of nitrogens with one attached hydrogen (secondary N) is 1. The van der Waals surface area contributed by atoms with Crippen LogP contribution in [0.2, 0.25) is 0 Å². The predicted octanol–water partition coefficient (Wildman–Crippen LogP) is 4.07. The summed E-state index contributed by atoms with van der Waals surface area (Å²) in [5.41, 5.74) is 4.92. The van der Waals surface area contributed by atoms with Gasteiger partial charge in [-0.15, -0.1) is 0 Å². The first kappa shape index (κ1) is 15.5. The Morgan fingerprint density at radius 3 is 2.29 bits per heavy atom. The van der Waals surface area contributed by atoms with E-state index in [0.717, 1.165) is 28.0 Å². The van der Waals surface area contributed by atoms with Gasteiger partial charge in [0.1, 0.15) is 11.6 Å². The lowest BCUT2D eigenvalue weighted by molar-refractivity contribution is 0.411. The summed E-state index contributed by atoms with van der Waals surface area (Å²) in [4.78, 5) is 0. The third kappa shape index (κ3) is 3.08. The van der Waals surface area contributed by atoms with Crippen LogP contribution in [0.5, 0.6) is 5.75 Å². The van der Waals surface area contributed by atoms with E-state index < -0.39 is 0 Å². The van der Waals surface area contributed by atoms with Crippen LogP contribution in [0.1, 0.15) is 33.9 Å². The molecule has 0 aliphatic heterocycles. The van der Waals surface area contributed by atoms with Gasteiger partial charge in [-0.05, 0) is 67.8 Å². The van der Waals surface area contributed by atoms with E-state index in [-0.39, 0.29) is 11.9 Å². The molecule has 0 aromatic heterocycles. The molecule has 0 aliphatic carbocycles. The van der Waals surface area contributed by atoms with Crippen molar-refractivity contribution in [3.63, 3.8) is 0 Å². The molecule has 2 rings (SSSR count). The van der Waals surface area contributed by atoms with Crippen LogP contribution in [0.4, 0.5) is 4.39 Å². The van der Waals surface area contributed by atoms with Crippen molar-refractivity contribution in [2.45, 2.75) is 26.8 Å². The Hall–Kier alpha value is -1.87. The zero-order chi connectivity index (χ0) is 15.6. The van der Waals surface area contributed by atoms with E-state index in [1.54, 1.807) is 20.1 Å². The van der Waals surface area contributed by atoms with Crippen LogP contribution in [0.3, 0.4) is 0 Å². The molecule has 0 saturated heterocycles. The second kappa shape index (κ2) is 6.27. The largest absolute Gasteiger partial charge is 0.496 e. The summed E-state index contributed by atoms with van der Waals surface area (Å²) in [5.74, 6) is 0.705. The zero-order valence-electron chi connectivity index (χ0n) is 13.3. The number of hydrogen-bond acceptors (Lipinski definition) is 2. The van der Waals surface area contributed by atoms with E-state index in [1.807, 2.05) is 39.1 Å². The second-order valence-electron chi connectivity index (χ2n) is 5.41. The number of hydrogen-bond donors (Lipinski definition) is 1. The third-order valence-electron chi connectivity index (χ3n) is 3.91. The molecular formula is C18H22FNO. The van der Waals surface area contributed by atoms with Gasteiger partial charge in [0, 0.05) is 0 Å². The second-order valence-corrected chi connectivity index (χ2v) is 5.41. The van der Waals surface area contributed by atoms with E-state index in [0.29, 0.717) is 5.56 Å². The maximum Gasteiger partial charge on any atom is 0.126 e. The van der Waals surface area contributed by atoms with Crippen LogP contribution < -0.4 is 10.1 Å². The van der Waals surface area contributed by atoms with Gasteiger partial charge in [0.25, 0.3) is 0 Å². The highest BCUT2D eigenvalue weighted by Gasteiger charge is 2.17. The minimum atomic E-state index is -0.171. The Balaban J connectivity index is 2.50. The molecule has 1 atom stereocenters. The van der Waals surface area contributed by atoms with Crippen molar-refractivity contribution in [3.05, 3.63) is 64.0 Å². The van der Waals surface area contributed by atoms with Crippen molar-refractivity contribution in [3.8, 4) is 5.75 Å². The van der Waals surface area contributed by atoms with Crippen LogP contribution in [-0.2, 0) is 0 Å². The Morgan fingerprint density at radius 2 is 1.71 bits per heavy atom. The van der Waals surface area contributed by atoms with Gasteiger partial charge in [-0.25, -0.2) is 4.39 Å². The number of methoxy groups -OCH3 is 1. The van der Waals surface area contributed by atoms with Gasteiger partial charge in [0.05, 0.1) is 13.2 Å². The molecule has 0 saturated carbocycles. The van der Waals surface area contributed by atoms with Gasteiger partial charge >= 0.3 is 0 Å². The lowest BCUT2D eigenvalue weighted by Gasteiger charge is -2.21. The van der Waals surface area contributed by atoms with Crippen LogP contribution in [0, 0.1) is 26.6 Å². The topological polar surface area (TPSA) is 21.3 Å². The van der Waals surface area contributed by atoms with Gasteiger partial charge in [-0.1, -0.05) is 18.2 Å². The first-order valence-electron chi connectivity index (χ1n) is 7.06. The quantitative estimate of drug-likeness (QED) is 0.915. The summed E-state index contributed by atoms with van der Waals surface area (Å²) in [5, 5.41) is 3.28. The van der Waals surface area contributed by atoms with Gasteiger partial charge < -0.3 is 10.1 Å². The van der Waals surface area contributed by atoms with Crippen LogP contribution in [0.15, 0.2) is 30.3 Å². The van der Waals surface area contributed by atoms with Crippen LogP contribution in [-0.4, -0.2) is 14.2 Å². The van der Waals surface area contributed by atoms with Crippen LogP contribution >= 0.6 is 0 Å².